The van der Waals surface area contributed by atoms with Crippen LogP contribution in [-0.4, -0.2) is 45.7 Å². The van der Waals surface area contributed by atoms with Crippen molar-refractivity contribution in [3.8, 4) is 0 Å². The summed E-state index contributed by atoms with van der Waals surface area (Å²) < 4.78 is 11.1. The molecule has 1 aliphatic heterocycles. The fourth-order valence-corrected chi connectivity index (χ4v) is 3.29. The molecular formula is C18H20N4O3. The number of benzene rings is 1. The molecule has 2 aromatic heterocycles. The minimum atomic E-state index is -0.358. The number of rotatable bonds is 3. The van der Waals surface area contributed by atoms with Gasteiger partial charge >= 0.3 is 0 Å². The summed E-state index contributed by atoms with van der Waals surface area (Å²) in [4.78, 5) is 18.0. The van der Waals surface area contributed by atoms with E-state index in [9.17, 15) is 4.79 Å². The van der Waals surface area contributed by atoms with Crippen LogP contribution in [0.4, 0.5) is 0 Å². The number of carbonyl (C=O) groups excluding carboxylic acids is 1. The number of aryl methyl sites for hydroxylation is 2. The van der Waals surface area contributed by atoms with E-state index in [0.717, 1.165) is 22.2 Å². The van der Waals surface area contributed by atoms with Crippen LogP contribution < -0.4 is 0 Å². The molecule has 0 spiro atoms. The molecule has 1 N–H and O–H groups in total. The van der Waals surface area contributed by atoms with Crippen LogP contribution in [0.5, 0.6) is 0 Å². The van der Waals surface area contributed by atoms with Gasteiger partial charge in [0.25, 0.3) is 0 Å². The van der Waals surface area contributed by atoms with Crippen LogP contribution in [0.25, 0.3) is 10.9 Å². The number of ether oxygens (including phenoxy) is 1. The van der Waals surface area contributed by atoms with Gasteiger partial charge in [-0.05, 0) is 18.6 Å². The average Bonchev–Trinajstić information content (AvgIpc) is 3.19. The van der Waals surface area contributed by atoms with Gasteiger partial charge in [0, 0.05) is 30.1 Å². The summed E-state index contributed by atoms with van der Waals surface area (Å²) in [6.45, 7) is 5.21. The number of hydrogen-bond donors (Lipinski definition) is 1. The molecule has 0 bridgehead atoms. The van der Waals surface area contributed by atoms with Crippen molar-refractivity contribution in [2.24, 2.45) is 0 Å². The summed E-state index contributed by atoms with van der Waals surface area (Å²) in [6.07, 6.45) is 0.00813. The predicted molar refractivity (Wildman–Crippen MR) is 91.0 cm³/mol. The maximum absolute atomic E-state index is 12.8. The van der Waals surface area contributed by atoms with E-state index in [2.05, 4.69) is 15.2 Å². The predicted octanol–water partition coefficient (Wildman–Crippen LogP) is 2.31. The van der Waals surface area contributed by atoms with Crippen LogP contribution in [0.15, 0.2) is 28.7 Å². The molecule has 1 atom stereocenters. The van der Waals surface area contributed by atoms with Gasteiger partial charge in [-0.1, -0.05) is 18.2 Å². The largest absolute Gasteiger partial charge is 0.423 e. The molecule has 1 saturated heterocycles. The van der Waals surface area contributed by atoms with E-state index >= 15 is 0 Å². The molecule has 0 radical (unpaired) electrons. The van der Waals surface area contributed by atoms with Gasteiger partial charge in [0.15, 0.2) is 6.10 Å². The molecule has 1 aliphatic rings. The van der Waals surface area contributed by atoms with Gasteiger partial charge in [0.2, 0.25) is 17.7 Å². The number of hydrogen-bond acceptors (Lipinski definition) is 5. The molecule has 25 heavy (non-hydrogen) atoms. The van der Waals surface area contributed by atoms with Crippen molar-refractivity contribution in [1.29, 1.82) is 0 Å². The lowest BCUT2D eigenvalue weighted by Gasteiger charge is -2.31. The zero-order valence-corrected chi connectivity index (χ0v) is 14.3. The van der Waals surface area contributed by atoms with Gasteiger partial charge in [0.1, 0.15) is 0 Å². The van der Waals surface area contributed by atoms with Crippen molar-refractivity contribution in [3.05, 3.63) is 47.3 Å². The Hall–Kier alpha value is -2.67. The van der Waals surface area contributed by atoms with Crippen molar-refractivity contribution in [2.75, 3.05) is 19.7 Å². The Morgan fingerprint density at radius 3 is 2.96 bits per heavy atom. The quantitative estimate of drug-likeness (QED) is 0.791. The van der Waals surface area contributed by atoms with E-state index < -0.39 is 0 Å². The topological polar surface area (TPSA) is 84.2 Å². The van der Waals surface area contributed by atoms with Gasteiger partial charge < -0.3 is 19.0 Å². The molecule has 1 amide bonds. The highest BCUT2D eigenvalue weighted by Gasteiger charge is 2.29. The van der Waals surface area contributed by atoms with Gasteiger partial charge in [-0.15, -0.1) is 10.2 Å². The molecule has 4 rings (SSSR count). The van der Waals surface area contributed by atoms with Crippen LogP contribution in [0, 0.1) is 13.8 Å². The number of carbonyl (C=O) groups is 1. The number of nitrogens with one attached hydrogen (secondary N) is 1. The number of aromatic nitrogens is 3. The number of morpholine rings is 1. The Bertz CT molecular complexity index is 914. The normalized spacial score (nSPS) is 18.0. The number of para-hydroxylation sites is 1. The highest BCUT2D eigenvalue weighted by atomic mass is 16.5. The summed E-state index contributed by atoms with van der Waals surface area (Å²) in [5.41, 5.74) is 3.15. The number of aromatic amines is 1. The van der Waals surface area contributed by atoms with E-state index in [1.54, 1.807) is 6.92 Å². The van der Waals surface area contributed by atoms with E-state index in [1.165, 1.54) is 0 Å². The van der Waals surface area contributed by atoms with Crippen LogP contribution in [0.1, 0.15) is 29.1 Å². The Morgan fingerprint density at radius 1 is 1.32 bits per heavy atom. The third-order valence-corrected chi connectivity index (χ3v) is 4.59. The SMILES string of the molecule is Cc1nnc(C2CN(C(=O)Cc3c(C)[nH]c4ccccc34)CCO2)o1. The standard InChI is InChI=1S/C18H20N4O3/c1-11-14(13-5-3-4-6-15(13)19-11)9-17(23)22-7-8-24-16(10-22)18-21-20-12(2)25-18/h3-6,16,19H,7-10H2,1-2H3. The highest BCUT2D eigenvalue weighted by Crippen LogP contribution is 2.25. The molecule has 130 valence electrons. The monoisotopic (exact) mass is 340 g/mol. The Kier molecular flexibility index (Phi) is 4.01. The summed E-state index contributed by atoms with van der Waals surface area (Å²) in [5.74, 6) is 1.01. The van der Waals surface area contributed by atoms with Crippen molar-refractivity contribution in [3.63, 3.8) is 0 Å². The summed E-state index contributed by atoms with van der Waals surface area (Å²) in [5, 5.41) is 8.95. The Balaban J connectivity index is 1.51. The second-order valence-electron chi connectivity index (χ2n) is 6.31. The van der Waals surface area contributed by atoms with Gasteiger partial charge in [-0.2, -0.15) is 0 Å². The molecule has 1 aromatic carbocycles. The fourth-order valence-electron chi connectivity index (χ4n) is 3.29. The Labute approximate surface area is 145 Å². The highest BCUT2D eigenvalue weighted by molar-refractivity contribution is 5.90. The second kappa shape index (κ2) is 6.33. The molecule has 0 saturated carbocycles. The van der Waals surface area contributed by atoms with Crippen molar-refractivity contribution in [1.82, 2.24) is 20.1 Å². The van der Waals surface area contributed by atoms with E-state index in [0.29, 0.717) is 37.9 Å². The maximum Gasteiger partial charge on any atom is 0.246 e. The Morgan fingerprint density at radius 2 is 2.16 bits per heavy atom. The van der Waals surface area contributed by atoms with Gasteiger partial charge in [0.05, 0.1) is 19.6 Å². The number of fused-ring (bicyclic) bond motifs is 1. The fraction of sp³-hybridized carbons (Fsp3) is 0.389. The molecule has 3 heterocycles. The third-order valence-electron chi connectivity index (χ3n) is 4.59. The van der Waals surface area contributed by atoms with E-state index in [4.69, 9.17) is 9.15 Å². The molecule has 7 heteroatoms. The summed E-state index contributed by atoms with van der Waals surface area (Å²) in [7, 11) is 0. The van der Waals surface area contributed by atoms with Gasteiger partial charge in [-0.3, -0.25) is 4.79 Å². The van der Waals surface area contributed by atoms with Crippen LogP contribution in [-0.2, 0) is 16.0 Å². The molecule has 1 unspecified atom stereocenters. The molecule has 1 fully saturated rings. The first-order valence-electron chi connectivity index (χ1n) is 8.37. The minimum absolute atomic E-state index is 0.0809. The maximum atomic E-state index is 12.8. The molecule has 7 nitrogen and oxygen atoms in total. The number of nitrogens with zero attached hydrogens (tertiary/aromatic N) is 3. The first-order chi connectivity index (χ1) is 12.1. The molecule has 3 aromatic rings. The smallest absolute Gasteiger partial charge is 0.246 e. The lowest BCUT2D eigenvalue weighted by molar-refractivity contribution is -0.139. The van der Waals surface area contributed by atoms with Crippen molar-refractivity contribution >= 4 is 16.8 Å². The minimum Gasteiger partial charge on any atom is -0.423 e. The summed E-state index contributed by atoms with van der Waals surface area (Å²) >= 11 is 0. The zero-order valence-electron chi connectivity index (χ0n) is 14.3. The second-order valence-corrected chi connectivity index (χ2v) is 6.31. The van der Waals surface area contributed by atoms with Crippen molar-refractivity contribution in [2.45, 2.75) is 26.4 Å². The molecule has 0 aliphatic carbocycles. The lowest BCUT2D eigenvalue weighted by Crippen LogP contribution is -2.43. The van der Waals surface area contributed by atoms with Gasteiger partial charge in [-0.25, -0.2) is 0 Å². The average molecular weight is 340 g/mol. The van der Waals surface area contributed by atoms with E-state index in [1.807, 2.05) is 36.1 Å². The molecular weight excluding hydrogens is 320 g/mol. The first kappa shape index (κ1) is 15.8. The van der Waals surface area contributed by atoms with Crippen molar-refractivity contribution < 1.29 is 13.9 Å². The first-order valence-corrected chi connectivity index (χ1v) is 8.37. The zero-order chi connectivity index (χ0) is 17.4. The third kappa shape index (κ3) is 3.02. The van der Waals surface area contributed by atoms with Crippen LogP contribution >= 0.6 is 0 Å². The summed E-state index contributed by atoms with van der Waals surface area (Å²) in [6, 6.07) is 8.05. The lowest BCUT2D eigenvalue weighted by atomic mass is 10.1. The van der Waals surface area contributed by atoms with Crippen LogP contribution in [0.2, 0.25) is 0 Å². The van der Waals surface area contributed by atoms with E-state index in [-0.39, 0.29) is 12.0 Å². The number of H-pyrrole nitrogens is 1. The number of amides is 1. The van der Waals surface area contributed by atoms with Crippen LogP contribution in [0.3, 0.4) is 0 Å².